The summed E-state index contributed by atoms with van der Waals surface area (Å²) < 4.78 is 31.8. The molecule has 0 fully saturated rings. The largest absolute Gasteiger partial charge is 0.491 e. The molecule has 0 heterocycles. The number of hydrazine groups is 1. The van der Waals surface area contributed by atoms with E-state index in [1.807, 2.05) is 5.43 Å². The summed E-state index contributed by atoms with van der Waals surface area (Å²) in [5.41, 5.74) is 2.24. The zero-order valence-electron chi connectivity index (χ0n) is 9.58. The molecule has 0 saturated heterocycles. The Morgan fingerprint density at radius 2 is 1.94 bits per heavy atom. The molecule has 1 aromatic carbocycles. The molecule has 6 heteroatoms. The molecule has 1 unspecified atom stereocenters. The summed E-state index contributed by atoms with van der Waals surface area (Å²) in [5, 5.41) is -3.49. The summed E-state index contributed by atoms with van der Waals surface area (Å²) in [6.45, 7) is 3.61. The number of hydrogen-bond donors (Lipinski definition) is 2. The van der Waals surface area contributed by atoms with Crippen LogP contribution in [0, 0.1) is 0 Å². The van der Waals surface area contributed by atoms with E-state index >= 15 is 0 Å². The van der Waals surface area contributed by atoms with Crippen molar-refractivity contribution in [3.63, 3.8) is 0 Å². The van der Waals surface area contributed by atoms with Crippen LogP contribution >= 0.6 is 11.6 Å². The Kier molecular flexibility index (Phi) is 4.68. The van der Waals surface area contributed by atoms with E-state index in [1.54, 1.807) is 32.0 Å². The van der Waals surface area contributed by atoms with E-state index in [1.165, 1.54) is 6.07 Å². The summed E-state index contributed by atoms with van der Waals surface area (Å²) in [6.07, 6.45) is -0.126. The predicted octanol–water partition coefficient (Wildman–Crippen LogP) is 2.81. The SMILES string of the molecule is CC(C)Oc1ccccc1C(NN)C(F)(F)Cl. The van der Waals surface area contributed by atoms with E-state index in [-0.39, 0.29) is 11.7 Å². The second-order valence-corrected chi connectivity index (χ2v) is 4.35. The zero-order chi connectivity index (χ0) is 13.1. The van der Waals surface area contributed by atoms with Gasteiger partial charge in [-0.05, 0) is 31.5 Å². The van der Waals surface area contributed by atoms with Crippen LogP contribution < -0.4 is 16.0 Å². The lowest BCUT2D eigenvalue weighted by atomic mass is 10.1. The predicted molar refractivity (Wildman–Crippen MR) is 63.1 cm³/mol. The van der Waals surface area contributed by atoms with Crippen LogP contribution in [-0.4, -0.2) is 11.5 Å². The van der Waals surface area contributed by atoms with Crippen LogP contribution in [0.1, 0.15) is 25.5 Å². The molecule has 3 nitrogen and oxygen atoms in total. The highest BCUT2D eigenvalue weighted by atomic mass is 35.5. The van der Waals surface area contributed by atoms with Gasteiger partial charge < -0.3 is 4.74 Å². The van der Waals surface area contributed by atoms with E-state index in [2.05, 4.69) is 0 Å². The molecule has 0 bridgehead atoms. The van der Waals surface area contributed by atoms with Gasteiger partial charge in [0.25, 0.3) is 0 Å². The fourth-order valence-corrected chi connectivity index (χ4v) is 1.62. The lowest BCUT2D eigenvalue weighted by Gasteiger charge is -2.24. The van der Waals surface area contributed by atoms with Crippen LogP contribution in [0.4, 0.5) is 8.78 Å². The van der Waals surface area contributed by atoms with Crippen LogP contribution in [0.3, 0.4) is 0 Å². The minimum absolute atomic E-state index is 0.126. The van der Waals surface area contributed by atoms with Crippen molar-refractivity contribution in [2.75, 3.05) is 0 Å². The van der Waals surface area contributed by atoms with Gasteiger partial charge in [0.15, 0.2) is 0 Å². The minimum Gasteiger partial charge on any atom is -0.491 e. The molecule has 3 N–H and O–H groups in total. The van der Waals surface area contributed by atoms with E-state index in [9.17, 15) is 8.78 Å². The molecule has 0 amide bonds. The van der Waals surface area contributed by atoms with Gasteiger partial charge in [0.05, 0.1) is 6.10 Å². The highest BCUT2D eigenvalue weighted by Crippen LogP contribution is 2.38. The maximum Gasteiger partial charge on any atom is 0.342 e. The molecule has 0 saturated carbocycles. The number of ether oxygens (including phenoxy) is 1. The molecule has 0 radical (unpaired) electrons. The summed E-state index contributed by atoms with van der Waals surface area (Å²) in [5.74, 6) is 5.46. The smallest absolute Gasteiger partial charge is 0.342 e. The number of nitrogens with two attached hydrogens (primary N) is 1. The second-order valence-electron chi connectivity index (χ2n) is 3.85. The van der Waals surface area contributed by atoms with Crippen molar-refractivity contribution in [1.82, 2.24) is 5.43 Å². The van der Waals surface area contributed by atoms with Crippen molar-refractivity contribution in [2.45, 2.75) is 31.4 Å². The van der Waals surface area contributed by atoms with E-state index in [0.29, 0.717) is 5.75 Å². The number of benzene rings is 1. The van der Waals surface area contributed by atoms with Gasteiger partial charge >= 0.3 is 5.38 Å². The molecule has 0 aliphatic heterocycles. The van der Waals surface area contributed by atoms with Crippen molar-refractivity contribution < 1.29 is 13.5 Å². The molecule has 96 valence electrons. The van der Waals surface area contributed by atoms with Gasteiger partial charge in [0, 0.05) is 5.56 Å². The van der Waals surface area contributed by atoms with E-state index in [0.717, 1.165) is 0 Å². The minimum atomic E-state index is -3.49. The third kappa shape index (κ3) is 3.80. The van der Waals surface area contributed by atoms with E-state index in [4.69, 9.17) is 22.2 Å². The van der Waals surface area contributed by atoms with Crippen LogP contribution in [0.15, 0.2) is 24.3 Å². The quantitative estimate of drug-likeness (QED) is 0.488. The van der Waals surface area contributed by atoms with Crippen molar-refractivity contribution in [1.29, 1.82) is 0 Å². The van der Waals surface area contributed by atoms with Gasteiger partial charge in [-0.15, -0.1) is 0 Å². The summed E-state index contributed by atoms with van der Waals surface area (Å²) in [4.78, 5) is 0. The summed E-state index contributed by atoms with van der Waals surface area (Å²) in [6, 6.07) is 4.91. The van der Waals surface area contributed by atoms with Crippen molar-refractivity contribution in [3.8, 4) is 5.75 Å². The molecule has 1 aromatic rings. The van der Waals surface area contributed by atoms with Crippen molar-refractivity contribution in [2.24, 2.45) is 5.84 Å². The molecular weight excluding hydrogens is 250 g/mol. The monoisotopic (exact) mass is 264 g/mol. The Hall–Kier alpha value is -0.910. The van der Waals surface area contributed by atoms with Gasteiger partial charge in [0.2, 0.25) is 0 Å². The van der Waals surface area contributed by atoms with E-state index < -0.39 is 11.4 Å². The Morgan fingerprint density at radius 3 is 2.41 bits per heavy atom. The maximum atomic E-state index is 13.2. The molecular formula is C11H15ClF2N2O. The number of halogens is 3. The van der Waals surface area contributed by atoms with Crippen LogP contribution in [-0.2, 0) is 0 Å². The number of alkyl halides is 3. The Bertz CT molecular complexity index is 369. The van der Waals surface area contributed by atoms with Gasteiger partial charge in [0.1, 0.15) is 11.8 Å². The third-order valence-corrected chi connectivity index (χ3v) is 2.30. The van der Waals surface area contributed by atoms with Crippen molar-refractivity contribution >= 4 is 11.6 Å². The first-order valence-corrected chi connectivity index (χ1v) is 5.52. The molecule has 1 rings (SSSR count). The lowest BCUT2D eigenvalue weighted by molar-refractivity contribution is 0.0479. The van der Waals surface area contributed by atoms with Gasteiger partial charge in [-0.3, -0.25) is 5.84 Å². The number of hydrogen-bond acceptors (Lipinski definition) is 3. The number of para-hydroxylation sites is 1. The topological polar surface area (TPSA) is 47.3 Å². The fourth-order valence-electron chi connectivity index (χ4n) is 1.44. The Labute approximate surface area is 104 Å². The molecule has 0 aliphatic carbocycles. The summed E-state index contributed by atoms with van der Waals surface area (Å²) >= 11 is 5.01. The van der Waals surface area contributed by atoms with Gasteiger partial charge in [-0.2, -0.15) is 8.78 Å². The first-order valence-electron chi connectivity index (χ1n) is 5.14. The first-order chi connectivity index (χ1) is 7.86. The first kappa shape index (κ1) is 14.2. The molecule has 0 aliphatic rings. The molecule has 17 heavy (non-hydrogen) atoms. The molecule has 0 spiro atoms. The molecule has 0 aromatic heterocycles. The van der Waals surface area contributed by atoms with Crippen LogP contribution in [0.2, 0.25) is 0 Å². The van der Waals surface area contributed by atoms with Crippen molar-refractivity contribution in [3.05, 3.63) is 29.8 Å². The van der Waals surface area contributed by atoms with Crippen LogP contribution in [0.5, 0.6) is 5.75 Å². The second kappa shape index (κ2) is 5.62. The highest BCUT2D eigenvalue weighted by molar-refractivity contribution is 6.22. The normalized spacial score (nSPS) is 13.8. The Morgan fingerprint density at radius 1 is 1.35 bits per heavy atom. The zero-order valence-corrected chi connectivity index (χ0v) is 10.3. The standard InChI is InChI=1S/C11H15ClF2N2O/c1-7(2)17-9-6-4-3-5-8(9)10(16-15)11(12,13)14/h3-7,10,16H,15H2,1-2H3. The average Bonchev–Trinajstić information content (AvgIpc) is 2.18. The lowest BCUT2D eigenvalue weighted by Crippen LogP contribution is -2.38. The van der Waals surface area contributed by atoms with Crippen LogP contribution in [0.25, 0.3) is 0 Å². The Balaban J connectivity index is 3.10. The summed E-state index contributed by atoms with van der Waals surface area (Å²) in [7, 11) is 0. The van der Waals surface area contributed by atoms with Gasteiger partial charge in [-0.25, -0.2) is 5.43 Å². The molecule has 1 atom stereocenters. The average molecular weight is 265 g/mol. The maximum absolute atomic E-state index is 13.2. The number of rotatable bonds is 5. The van der Waals surface area contributed by atoms with Gasteiger partial charge in [-0.1, -0.05) is 18.2 Å². The number of nitrogens with one attached hydrogen (secondary N) is 1. The third-order valence-electron chi connectivity index (χ3n) is 2.09. The fraction of sp³-hybridized carbons (Fsp3) is 0.455. The highest BCUT2D eigenvalue weighted by Gasteiger charge is 2.39.